The van der Waals surface area contributed by atoms with Gasteiger partial charge in [0.2, 0.25) is 0 Å². The van der Waals surface area contributed by atoms with Crippen molar-refractivity contribution in [1.82, 2.24) is 0 Å². The minimum absolute atomic E-state index is 0.749. The SMILES string of the molecule is O=CC1=C(c2ccc(Cl)cc2)CCC(C2CC2)C1. The molecule has 0 N–H and O–H groups in total. The highest BCUT2D eigenvalue weighted by Gasteiger charge is 2.34. The van der Waals surface area contributed by atoms with Crippen molar-refractivity contribution in [2.24, 2.45) is 11.8 Å². The molecule has 1 aromatic carbocycles. The normalized spacial score (nSPS) is 24.2. The molecule has 0 bridgehead atoms. The molecular weight excluding hydrogens is 244 g/mol. The Kier molecular flexibility index (Phi) is 3.25. The van der Waals surface area contributed by atoms with Crippen LogP contribution >= 0.6 is 11.6 Å². The summed E-state index contributed by atoms with van der Waals surface area (Å²) in [5.41, 5.74) is 3.41. The Morgan fingerprint density at radius 2 is 1.78 bits per heavy atom. The first-order chi connectivity index (χ1) is 8.78. The monoisotopic (exact) mass is 260 g/mol. The number of allylic oxidation sites excluding steroid dienone is 2. The van der Waals surface area contributed by atoms with Crippen LogP contribution < -0.4 is 0 Å². The molecule has 0 spiro atoms. The maximum atomic E-state index is 11.3. The van der Waals surface area contributed by atoms with Gasteiger partial charge < -0.3 is 0 Å². The second-order valence-electron chi connectivity index (χ2n) is 5.47. The lowest BCUT2D eigenvalue weighted by Crippen LogP contribution is -2.12. The van der Waals surface area contributed by atoms with Crippen LogP contribution in [0.4, 0.5) is 0 Å². The summed E-state index contributed by atoms with van der Waals surface area (Å²) >= 11 is 5.91. The molecular formula is C16H17ClO. The lowest BCUT2D eigenvalue weighted by Gasteiger charge is -2.25. The minimum atomic E-state index is 0.749. The average molecular weight is 261 g/mol. The number of carbonyl (C=O) groups is 1. The van der Waals surface area contributed by atoms with Gasteiger partial charge in [0, 0.05) is 5.02 Å². The largest absolute Gasteiger partial charge is 0.298 e. The molecule has 0 heterocycles. The van der Waals surface area contributed by atoms with Crippen molar-refractivity contribution in [3.05, 3.63) is 40.4 Å². The van der Waals surface area contributed by atoms with Crippen LogP contribution in [0.25, 0.3) is 5.57 Å². The summed E-state index contributed by atoms with van der Waals surface area (Å²) < 4.78 is 0. The summed E-state index contributed by atoms with van der Waals surface area (Å²) in [6, 6.07) is 7.86. The highest BCUT2D eigenvalue weighted by Crippen LogP contribution is 2.46. The fraction of sp³-hybridized carbons (Fsp3) is 0.438. The molecule has 1 nitrogen and oxygen atoms in total. The van der Waals surface area contributed by atoms with Crippen LogP contribution in [0.15, 0.2) is 29.8 Å². The molecule has 2 aliphatic carbocycles. The van der Waals surface area contributed by atoms with E-state index < -0.39 is 0 Å². The van der Waals surface area contributed by atoms with Gasteiger partial charge in [0.15, 0.2) is 0 Å². The third-order valence-corrected chi connectivity index (χ3v) is 4.51. The van der Waals surface area contributed by atoms with Crippen molar-refractivity contribution >= 4 is 23.5 Å². The molecule has 0 amide bonds. The van der Waals surface area contributed by atoms with Crippen molar-refractivity contribution < 1.29 is 4.79 Å². The number of carbonyl (C=O) groups excluding carboxylic acids is 1. The molecule has 94 valence electrons. The third kappa shape index (κ3) is 2.37. The molecule has 18 heavy (non-hydrogen) atoms. The molecule has 1 unspecified atom stereocenters. The van der Waals surface area contributed by atoms with E-state index in [0.717, 1.165) is 47.1 Å². The Morgan fingerprint density at radius 3 is 2.39 bits per heavy atom. The van der Waals surface area contributed by atoms with Gasteiger partial charge in [0.05, 0.1) is 0 Å². The van der Waals surface area contributed by atoms with Gasteiger partial charge in [0.1, 0.15) is 6.29 Å². The molecule has 3 rings (SSSR count). The average Bonchev–Trinajstić information content (AvgIpc) is 3.23. The van der Waals surface area contributed by atoms with Gasteiger partial charge in [-0.1, -0.05) is 23.7 Å². The molecule has 1 fully saturated rings. The zero-order valence-electron chi connectivity index (χ0n) is 10.4. The van der Waals surface area contributed by atoms with Crippen molar-refractivity contribution in [1.29, 1.82) is 0 Å². The van der Waals surface area contributed by atoms with E-state index in [1.807, 2.05) is 24.3 Å². The molecule has 1 saturated carbocycles. The van der Waals surface area contributed by atoms with Crippen LogP contribution in [0.1, 0.15) is 37.7 Å². The van der Waals surface area contributed by atoms with Gasteiger partial charge >= 0.3 is 0 Å². The fourth-order valence-electron chi connectivity index (χ4n) is 3.07. The predicted molar refractivity (Wildman–Crippen MR) is 74.5 cm³/mol. The van der Waals surface area contributed by atoms with E-state index in [4.69, 9.17) is 11.6 Å². The standard InChI is InChI=1S/C16H17ClO/c17-15-6-3-12(4-7-15)16-8-5-13(11-1-2-11)9-14(16)10-18/h3-4,6-7,10-11,13H,1-2,5,8-9H2. The molecule has 0 radical (unpaired) electrons. The van der Waals surface area contributed by atoms with Crippen LogP contribution in [0.2, 0.25) is 5.02 Å². The zero-order chi connectivity index (χ0) is 12.5. The van der Waals surface area contributed by atoms with Gasteiger partial charge in [0.25, 0.3) is 0 Å². The van der Waals surface area contributed by atoms with Gasteiger partial charge in [-0.05, 0) is 72.8 Å². The number of halogens is 1. The van der Waals surface area contributed by atoms with Crippen LogP contribution in [0.5, 0.6) is 0 Å². The van der Waals surface area contributed by atoms with Gasteiger partial charge in [-0.3, -0.25) is 4.79 Å². The highest BCUT2D eigenvalue weighted by molar-refractivity contribution is 6.30. The number of hydrogen-bond donors (Lipinski definition) is 0. The summed E-state index contributed by atoms with van der Waals surface area (Å²) in [5, 5.41) is 0.749. The van der Waals surface area contributed by atoms with Gasteiger partial charge in [-0.15, -0.1) is 0 Å². The summed E-state index contributed by atoms with van der Waals surface area (Å²) in [6.07, 6.45) is 7.06. The number of rotatable bonds is 3. The van der Waals surface area contributed by atoms with Gasteiger partial charge in [-0.25, -0.2) is 0 Å². The fourth-order valence-corrected chi connectivity index (χ4v) is 3.19. The van der Waals surface area contributed by atoms with E-state index >= 15 is 0 Å². The minimum Gasteiger partial charge on any atom is -0.298 e. The van der Waals surface area contributed by atoms with Crippen LogP contribution in [0.3, 0.4) is 0 Å². The third-order valence-electron chi connectivity index (χ3n) is 4.26. The van der Waals surface area contributed by atoms with Crippen molar-refractivity contribution in [3.63, 3.8) is 0 Å². The maximum absolute atomic E-state index is 11.3. The van der Waals surface area contributed by atoms with Crippen LogP contribution in [-0.4, -0.2) is 6.29 Å². The number of benzene rings is 1. The Hall–Kier alpha value is -1.08. The van der Waals surface area contributed by atoms with E-state index in [1.54, 1.807) is 0 Å². The molecule has 1 atom stereocenters. The quantitative estimate of drug-likeness (QED) is 0.731. The van der Waals surface area contributed by atoms with E-state index in [2.05, 4.69) is 0 Å². The summed E-state index contributed by atoms with van der Waals surface area (Å²) in [5.74, 6) is 1.65. The summed E-state index contributed by atoms with van der Waals surface area (Å²) in [4.78, 5) is 11.3. The molecule has 0 aliphatic heterocycles. The van der Waals surface area contributed by atoms with Crippen molar-refractivity contribution in [3.8, 4) is 0 Å². The first-order valence-electron chi connectivity index (χ1n) is 6.71. The summed E-state index contributed by atoms with van der Waals surface area (Å²) in [7, 11) is 0. The molecule has 0 saturated heterocycles. The molecule has 0 aromatic heterocycles. The highest BCUT2D eigenvalue weighted by atomic mass is 35.5. The molecule has 2 aliphatic rings. The second-order valence-corrected chi connectivity index (χ2v) is 5.91. The van der Waals surface area contributed by atoms with Crippen molar-refractivity contribution in [2.75, 3.05) is 0 Å². The van der Waals surface area contributed by atoms with E-state index in [1.165, 1.54) is 24.8 Å². The molecule has 2 heteroatoms. The summed E-state index contributed by atoms with van der Waals surface area (Å²) in [6.45, 7) is 0. The van der Waals surface area contributed by atoms with E-state index in [0.29, 0.717) is 0 Å². The topological polar surface area (TPSA) is 17.1 Å². The lowest BCUT2D eigenvalue weighted by molar-refractivity contribution is -0.105. The second kappa shape index (κ2) is 4.89. The van der Waals surface area contributed by atoms with Gasteiger partial charge in [-0.2, -0.15) is 0 Å². The smallest absolute Gasteiger partial charge is 0.146 e. The molecule has 1 aromatic rings. The predicted octanol–water partition coefficient (Wildman–Crippen LogP) is 4.50. The van der Waals surface area contributed by atoms with E-state index in [-0.39, 0.29) is 0 Å². The van der Waals surface area contributed by atoms with Crippen molar-refractivity contribution in [2.45, 2.75) is 32.1 Å². The Labute approximate surface area is 113 Å². The maximum Gasteiger partial charge on any atom is 0.146 e. The van der Waals surface area contributed by atoms with Crippen LogP contribution in [0, 0.1) is 11.8 Å². The number of aldehydes is 1. The first kappa shape index (κ1) is 12.0. The van der Waals surface area contributed by atoms with Crippen LogP contribution in [-0.2, 0) is 4.79 Å². The Balaban J connectivity index is 1.88. The zero-order valence-corrected chi connectivity index (χ0v) is 11.1. The lowest BCUT2D eigenvalue weighted by atomic mass is 9.79. The first-order valence-corrected chi connectivity index (χ1v) is 7.09. The number of hydrogen-bond acceptors (Lipinski definition) is 1. The Morgan fingerprint density at radius 1 is 1.06 bits per heavy atom. The Bertz CT molecular complexity index is 482. The van der Waals surface area contributed by atoms with E-state index in [9.17, 15) is 4.79 Å².